The summed E-state index contributed by atoms with van der Waals surface area (Å²) in [5.41, 5.74) is 1.51. The van der Waals surface area contributed by atoms with E-state index in [0.29, 0.717) is 12.1 Å². The number of rotatable bonds is 7. The zero-order valence-electron chi connectivity index (χ0n) is 14.8. The number of H-pyrrole nitrogens is 1. The molecule has 26 heavy (non-hydrogen) atoms. The number of likely N-dealkylation sites (tertiary alicyclic amines) is 1. The van der Waals surface area contributed by atoms with Gasteiger partial charge in [0.1, 0.15) is 5.70 Å². The molecular formula is C20H25N4O2+. The van der Waals surface area contributed by atoms with E-state index in [9.17, 15) is 9.59 Å². The van der Waals surface area contributed by atoms with E-state index >= 15 is 0 Å². The second kappa shape index (κ2) is 9.01. The molecule has 2 amide bonds. The van der Waals surface area contributed by atoms with Crippen LogP contribution in [0.25, 0.3) is 6.08 Å². The highest BCUT2D eigenvalue weighted by Crippen LogP contribution is 2.05. The molecule has 2 heterocycles. The molecule has 0 atom stereocenters. The summed E-state index contributed by atoms with van der Waals surface area (Å²) in [6, 6.07) is 12.6. The van der Waals surface area contributed by atoms with Crippen LogP contribution < -0.4 is 15.5 Å². The van der Waals surface area contributed by atoms with Crippen molar-refractivity contribution in [1.29, 1.82) is 0 Å². The molecule has 1 aliphatic heterocycles. The molecule has 0 aliphatic carbocycles. The van der Waals surface area contributed by atoms with Crippen LogP contribution in [0.1, 0.15) is 28.9 Å². The van der Waals surface area contributed by atoms with Crippen LogP contribution in [0.5, 0.6) is 0 Å². The SMILES string of the molecule is O=C(NCC[NH+]1CCCC1)/C(=C/c1ccc[nH]1)NC(=O)c1ccccc1. The van der Waals surface area contributed by atoms with Gasteiger partial charge in [0.25, 0.3) is 11.8 Å². The maximum absolute atomic E-state index is 12.6. The molecule has 1 aromatic carbocycles. The predicted molar refractivity (Wildman–Crippen MR) is 100 cm³/mol. The third kappa shape index (κ3) is 5.07. The Balaban J connectivity index is 1.64. The topological polar surface area (TPSA) is 78.4 Å². The molecule has 0 radical (unpaired) electrons. The van der Waals surface area contributed by atoms with Gasteiger partial charge in [0.2, 0.25) is 0 Å². The fraction of sp³-hybridized carbons (Fsp3) is 0.300. The van der Waals surface area contributed by atoms with Crippen LogP contribution in [0.15, 0.2) is 54.4 Å². The maximum Gasteiger partial charge on any atom is 0.268 e. The Labute approximate surface area is 153 Å². The van der Waals surface area contributed by atoms with E-state index in [0.717, 1.165) is 12.2 Å². The van der Waals surface area contributed by atoms with Crippen molar-refractivity contribution >= 4 is 17.9 Å². The number of hydrogen-bond acceptors (Lipinski definition) is 2. The minimum absolute atomic E-state index is 0.234. The largest absolute Gasteiger partial charge is 0.362 e. The molecule has 1 fully saturated rings. The Bertz CT molecular complexity index is 747. The van der Waals surface area contributed by atoms with Crippen LogP contribution in [0.4, 0.5) is 0 Å². The van der Waals surface area contributed by atoms with E-state index in [1.807, 2.05) is 18.2 Å². The smallest absolute Gasteiger partial charge is 0.268 e. The molecule has 0 unspecified atom stereocenters. The lowest BCUT2D eigenvalue weighted by molar-refractivity contribution is -0.886. The molecular weight excluding hydrogens is 328 g/mol. The van der Waals surface area contributed by atoms with Crippen LogP contribution in [0.2, 0.25) is 0 Å². The number of aromatic nitrogens is 1. The van der Waals surface area contributed by atoms with Crippen molar-refractivity contribution < 1.29 is 14.5 Å². The van der Waals surface area contributed by atoms with E-state index in [1.54, 1.807) is 36.5 Å². The highest BCUT2D eigenvalue weighted by Gasteiger charge is 2.17. The van der Waals surface area contributed by atoms with Crippen molar-refractivity contribution in [2.75, 3.05) is 26.2 Å². The first-order chi connectivity index (χ1) is 12.7. The molecule has 1 aliphatic rings. The third-order valence-corrected chi connectivity index (χ3v) is 4.53. The molecule has 1 aromatic heterocycles. The lowest BCUT2D eigenvalue weighted by atomic mass is 10.2. The van der Waals surface area contributed by atoms with Crippen molar-refractivity contribution in [2.45, 2.75) is 12.8 Å². The first-order valence-corrected chi connectivity index (χ1v) is 9.05. The van der Waals surface area contributed by atoms with Crippen LogP contribution in [0.3, 0.4) is 0 Å². The van der Waals surface area contributed by atoms with Crippen molar-refractivity contribution in [1.82, 2.24) is 15.6 Å². The number of aromatic amines is 1. The average molecular weight is 353 g/mol. The van der Waals surface area contributed by atoms with E-state index in [-0.39, 0.29) is 17.5 Å². The Morgan fingerprint density at radius 2 is 1.85 bits per heavy atom. The summed E-state index contributed by atoms with van der Waals surface area (Å²) < 4.78 is 0. The van der Waals surface area contributed by atoms with Gasteiger partial charge in [-0.2, -0.15) is 0 Å². The summed E-state index contributed by atoms with van der Waals surface area (Å²) in [4.78, 5) is 29.6. The second-order valence-electron chi connectivity index (χ2n) is 6.47. The zero-order valence-corrected chi connectivity index (χ0v) is 14.8. The number of benzene rings is 1. The Morgan fingerprint density at radius 1 is 1.08 bits per heavy atom. The predicted octanol–water partition coefficient (Wildman–Crippen LogP) is 0.581. The molecule has 136 valence electrons. The molecule has 0 bridgehead atoms. The van der Waals surface area contributed by atoms with E-state index in [1.165, 1.54) is 30.8 Å². The quantitative estimate of drug-likeness (QED) is 0.550. The van der Waals surface area contributed by atoms with Gasteiger partial charge in [-0.1, -0.05) is 18.2 Å². The number of nitrogens with one attached hydrogen (secondary N) is 4. The van der Waals surface area contributed by atoms with Gasteiger partial charge in [-0.05, 0) is 30.3 Å². The number of quaternary nitrogens is 1. The maximum atomic E-state index is 12.6. The van der Waals surface area contributed by atoms with Crippen LogP contribution in [-0.2, 0) is 4.79 Å². The fourth-order valence-electron chi connectivity index (χ4n) is 3.10. The zero-order chi connectivity index (χ0) is 18.2. The third-order valence-electron chi connectivity index (χ3n) is 4.53. The van der Waals surface area contributed by atoms with Crippen LogP contribution in [0, 0.1) is 0 Å². The monoisotopic (exact) mass is 353 g/mol. The van der Waals surface area contributed by atoms with E-state index in [4.69, 9.17) is 0 Å². The molecule has 3 rings (SSSR count). The Hall–Kier alpha value is -2.86. The van der Waals surface area contributed by atoms with Gasteiger partial charge < -0.3 is 20.5 Å². The fourth-order valence-corrected chi connectivity index (χ4v) is 3.10. The summed E-state index contributed by atoms with van der Waals surface area (Å²) in [5, 5.41) is 5.66. The minimum Gasteiger partial charge on any atom is -0.362 e. The summed E-state index contributed by atoms with van der Waals surface area (Å²) in [5.74, 6) is -0.578. The van der Waals surface area contributed by atoms with Gasteiger partial charge in [0, 0.05) is 30.3 Å². The molecule has 2 aromatic rings. The summed E-state index contributed by atoms with van der Waals surface area (Å²) in [6.45, 7) is 3.85. The summed E-state index contributed by atoms with van der Waals surface area (Å²) in [7, 11) is 0. The number of carbonyl (C=O) groups excluding carboxylic acids is 2. The number of hydrogen-bond donors (Lipinski definition) is 4. The van der Waals surface area contributed by atoms with Crippen molar-refractivity contribution in [3.8, 4) is 0 Å². The van der Waals surface area contributed by atoms with Gasteiger partial charge in [0.05, 0.1) is 26.2 Å². The normalized spacial score (nSPS) is 15.0. The first-order valence-electron chi connectivity index (χ1n) is 9.05. The molecule has 0 saturated carbocycles. The van der Waals surface area contributed by atoms with E-state index in [2.05, 4.69) is 15.6 Å². The second-order valence-corrected chi connectivity index (χ2v) is 6.47. The molecule has 4 N–H and O–H groups in total. The van der Waals surface area contributed by atoms with Gasteiger partial charge >= 0.3 is 0 Å². The van der Waals surface area contributed by atoms with Gasteiger partial charge in [-0.25, -0.2) is 0 Å². The lowest BCUT2D eigenvalue weighted by Gasteiger charge is -2.14. The van der Waals surface area contributed by atoms with Crippen LogP contribution >= 0.6 is 0 Å². The summed E-state index contributed by atoms with van der Waals surface area (Å²) >= 11 is 0. The van der Waals surface area contributed by atoms with Crippen molar-refractivity contribution in [3.05, 3.63) is 65.6 Å². The Morgan fingerprint density at radius 3 is 2.54 bits per heavy atom. The number of carbonyl (C=O) groups is 2. The van der Waals surface area contributed by atoms with Crippen molar-refractivity contribution in [2.24, 2.45) is 0 Å². The average Bonchev–Trinajstić information content (AvgIpc) is 3.36. The van der Waals surface area contributed by atoms with Gasteiger partial charge in [-0.3, -0.25) is 9.59 Å². The lowest BCUT2D eigenvalue weighted by Crippen LogP contribution is -3.10. The standard InChI is InChI=1S/C20H24N4O2/c25-19(16-7-2-1-3-8-16)23-18(15-17-9-6-10-21-17)20(26)22-11-14-24-12-4-5-13-24/h1-3,6-10,15,21H,4-5,11-14H2,(H,22,26)(H,23,25)/p+1/b18-15-. The molecule has 1 saturated heterocycles. The van der Waals surface area contributed by atoms with Gasteiger partial charge in [-0.15, -0.1) is 0 Å². The minimum atomic E-state index is -0.302. The summed E-state index contributed by atoms with van der Waals surface area (Å²) in [6.07, 6.45) is 5.94. The van der Waals surface area contributed by atoms with Crippen molar-refractivity contribution in [3.63, 3.8) is 0 Å². The Kier molecular flexibility index (Phi) is 6.22. The number of amides is 2. The highest BCUT2D eigenvalue weighted by atomic mass is 16.2. The molecule has 6 nitrogen and oxygen atoms in total. The van der Waals surface area contributed by atoms with Crippen LogP contribution in [-0.4, -0.2) is 43.0 Å². The molecule has 0 spiro atoms. The first kappa shape index (κ1) is 17.9. The highest BCUT2D eigenvalue weighted by molar-refractivity contribution is 6.05. The van der Waals surface area contributed by atoms with E-state index < -0.39 is 0 Å². The molecule has 6 heteroatoms. The van der Waals surface area contributed by atoms with Gasteiger partial charge in [0.15, 0.2) is 0 Å².